The molecular weight excluding hydrogens is 326 g/mol. The third-order valence-electron chi connectivity index (χ3n) is 3.53. The van der Waals surface area contributed by atoms with Crippen LogP contribution in [0.2, 0.25) is 0 Å². The minimum absolute atomic E-state index is 0. The molecule has 0 aromatic heterocycles. The molecule has 2 N–H and O–H groups in total. The normalized spacial score (nSPS) is 18.7. The third kappa shape index (κ3) is 4.19. The van der Waals surface area contributed by atoms with Crippen LogP contribution in [-0.2, 0) is 14.8 Å². The molecule has 1 unspecified atom stereocenters. The molecule has 1 aliphatic rings. The summed E-state index contributed by atoms with van der Waals surface area (Å²) in [6.45, 7) is 1.54. The van der Waals surface area contributed by atoms with Gasteiger partial charge in [-0.2, -0.15) is 4.31 Å². The van der Waals surface area contributed by atoms with Crippen molar-refractivity contribution in [2.45, 2.75) is 23.8 Å². The Morgan fingerprint density at radius 1 is 1.27 bits per heavy atom. The molecular formula is C14H22ClN3O3S. The third-order valence-corrected chi connectivity index (χ3v) is 5.45. The summed E-state index contributed by atoms with van der Waals surface area (Å²) in [4.78, 5) is 12.4. The summed E-state index contributed by atoms with van der Waals surface area (Å²) < 4.78 is 26.5. The van der Waals surface area contributed by atoms with E-state index in [0.29, 0.717) is 32.5 Å². The molecule has 8 heteroatoms. The molecule has 1 aromatic rings. The highest BCUT2D eigenvalue weighted by Gasteiger charge is 2.39. The number of halogens is 1. The minimum Gasteiger partial charge on any atom is -0.353 e. The van der Waals surface area contributed by atoms with Gasteiger partial charge in [-0.3, -0.25) is 4.79 Å². The molecule has 22 heavy (non-hydrogen) atoms. The first kappa shape index (κ1) is 18.9. The van der Waals surface area contributed by atoms with Gasteiger partial charge in [0.2, 0.25) is 15.9 Å². The second-order valence-corrected chi connectivity index (χ2v) is 6.87. The Hall–Kier alpha value is -1.15. The second kappa shape index (κ2) is 8.47. The van der Waals surface area contributed by atoms with Crippen molar-refractivity contribution in [2.24, 2.45) is 0 Å². The molecule has 1 aliphatic heterocycles. The smallest absolute Gasteiger partial charge is 0.243 e. The van der Waals surface area contributed by atoms with Gasteiger partial charge in [0.1, 0.15) is 6.04 Å². The molecule has 124 valence electrons. The summed E-state index contributed by atoms with van der Waals surface area (Å²) in [6, 6.07) is 7.65. The van der Waals surface area contributed by atoms with Crippen LogP contribution in [0.25, 0.3) is 0 Å². The molecule has 0 bridgehead atoms. The van der Waals surface area contributed by atoms with Crippen molar-refractivity contribution in [1.29, 1.82) is 0 Å². The van der Waals surface area contributed by atoms with Gasteiger partial charge in [0.15, 0.2) is 0 Å². The number of sulfonamides is 1. The molecule has 1 amide bonds. The van der Waals surface area contributed by atoms with Crippen LogP contribution in [0, 0.1) is 0 Å². The first-order valence-corrected chi connectivity index (χ1v) is 8.50. The lowest BCUT2D eigenvalue weighted by atomic mass is 10.2. The quantitative estimate of drug-likeness (QED) is 0.739. The summed E-state index contributed by atoms with van der Waals surface area (Å²) in [5.41, 5.74) is 0. The van der Waals surface area contributed by atoms with Gasteiger partial charge >= 0.3 is 0 Å². The first-order valence-electron chi connectivity index (χ1n) is 7.06. The molecule has 1 fully saturated rings. The number of rotatable bonds is 6. The van der Waals surface area contributed by atoms with E-state index in [2.05, 4.69) is 10.6 Å². The predicted molar refractivity (Wildman–Crippen MR) is 87.5 cm³/mol. The average Bonchev–Trinajstić information content (AvgIpc) is 2.98. The molecule has 0 aliphatic carbocycles. The van der Waals surface area contributed by atoms with Crippen LogP contribution >= 0.6 is 12.4 Å². The van der Waals surface area contributed by atoms with Gasteiger partial charge in [0, 0.05) is 19.6 Å². The maximum Gasteiger partial charge on any atom is 0.243 e. The Kier molecular flexibility index (Phi) is 7.28. The number of nitrogens with one attached hydrogen (secondary N) is 2. The van der Waals surface area contributed by atoms with E-state index >= 15 is 0 Å². The molecule has 1 atom stereocenters. The van der Waals surface area contributed by atoms with Gasteiger partial charge in [-0.25, -0.2) is 8.42 Å². The van der Waals surface area contributed by atoms with Crippen molar-refractivity contribution < 1.29 is 13.2 Å². The van der Waals surface area contributed by atoms with Gasteiger partial charge in [-0.05, 0) is 32.0 Å². The standard InChI is InChI=1S/C14H21N3O3S.ClH/c1-15-9-10-16-14(18)13-8-5-11-17(13)21(19,20)12-6-3-2-4-7-12;/h2-4,6-7,13,15H,5,8-11H2,1H3,(H,16,18);1H. The number of carbonyl (C=O) groups excluding carboxylic acids is 1. The fourth-order valence-corrected chi connectivity index (χ4v) is 4.12. The molecule has 0 spiro atoms. The number of carbonyl (C=O) groups is 1. The zero-order chi connectivity index (χ0) is 15.3. The summed E-state index contributed by atoms with van der Waals surface area (Å²) in [6.07, 6.45) is 1.27. The Balaban J connectivity index is 0.00000242. The highest BCUT2D eigenvalue weighted by Crippen LogP contribution is 2.25. The second-order valence-electron chi connectivity index (χ2n) is 4.98. The Labute approximate surface area is 137 Å². The molecule has 0 saturated carbocycles. The average molecular weight is 348 g/mol. The number of hydrogen-bond donors (Lipinski definition) is 2. The van der Waals surface area contributed by atoms with Crippen LogP contribution in [0.3, 0.4) is 0 Å². The van der Waals surface area contributed by atoms with Gasteiger partial charge in [-0.1, -0.05) is 18.2 Å². The number of hydrogen-bond acceptors (Lipinski definition) is 4. The molecule has 1 aromatic carbocycles. The van der Waals surface area contributed by atoms with Crippen LogP contribution in [-0.4, -0.2) is 51.4 Å². The van der Waals surface area contributed by atoms with Gasteiger partial charge in [0.05, 0.1) is 4.90 Å². The highest BCUT2D eigenvalue weighted by atomic mass is 35.5. The SMILES string of the molecule is CNCCNC(=O)C1CCCN1S(=O)(=O)c1ccccc1.Cl. The molecule has 2 rings (SSSR count). The molecule has 1 saturated heterocycles. The van der Waals surface area contributed by atoms with Crippen molar-refractivity contribution in [3.63, 3.8) is 0 Å². The van der Waals surface area contributed by atoms with Gasteiger partial charge < -0.3 is 10.6 Å². The Bertz CT molecular complexity index is 580. The van der Waals surface area contributed by atoms with Crippen LogP contribution < -0.4 is 10.6 Å². The number of likely N-dealkylation sites (N-methyl/N-ethyl adjacent to an activating group) is 1. The lowest BCUT2D eigenvalue weighted by Crippen LogP contribution is -2.46. The van der Waals surface area contributed by atoms with E-state index in [4.69, 9.17) is 0 Å². The fraction of sp³-hybridized carbons (Fsp3) is 0.500. The molecule has 0 radical (unpaired) electrons. The van der Waals surface area contributed by atoms with Crippen LogP contribution in [0.1, 0.15) is 12.8 Å². The van der Waals surface area contributed by atoms with Crippen molar-refractivity contribution in [3.05, 3.63) is 30.3 Å². The van der Waals surface area contributed by atoms with Crippen molar-refractivity contribution >= 4 is 28.3 Å². The lowest BCUT2D eigenvalue weighted by Gasteiger charge is -2.23. The zero-order valence-corrected chi connectivity index (χ0v) is 14.1. The summed E-state index contributed by atoms with van der Waals surface area (Å²) in [7, 11) is -1.81. The summed E-state index contributed by atoms with van der Waals surface area (Å²) in [5, 5.41) is 5.71. The predicted octanol–water partition coefficient (Wildman–Crippen LogP) is 0.597. The van der Waals surface area contributed by atoms with E-state index < -0.39 is 16.1 Å². The van der Waals surface area contributed by atoms with Gasteiger partial charge in [-0.15, -0.1) is 12.4 Å². The minimum atomic E-state index is -3.61. The molecule has 1 heterocycles. The summed E-state index contributed by atoms with van der Waals surface area (Å²) in [5.74, 6) is -0.220. The van der Waals surface area contributed by atoms with Crippen molar-refractivity contribution in [2.75, 3.05) is 26.7 Å². The lowest BCUT2D eigenvalue weighted by molar-refractivity contribution is -0.124. The maximum atomic E-state index is 12.6. The van der Waals surface area contributed by atoms with Gasteiger partial charge in [0.25, 0.3) is 0 Å². The van der Waals surface area contributed by atoms with Crippen LogP contribution in [0.4, 0.5) is 0 Å². The number of nitrogens with zero attached hydrogens (tertiary/aromatic N) is 1. The van der Waals surface area contributed by atoms with E-state index in [9.17, 15) is 13.2 Å². The van der Waals surface area contributed by atoms with Crippen molar-refractivity contribution in [3.8, 4) is 0 Å². The largest absolute Gasteiger partial charge is 0.353 e. The maximum absolute atomic E-state index is 12.6. The Morgan fingerprint density at radius 3 is 2.59 bits per heavy atom. The topological polar surface area (TPSA) is 78.5 Å². The Morgan fingerprint density at radius 2 is 1.95 bits per heavy atom. The van der Waals surface area contributed by atoms with Crippen LogP contribution in [0.15, 0.2) is 35.2 Å². The monoisotopic (exact) mass is 347 g/mol. The first-order chi connectivity index (χ1) is 10.1. The fourth-order valence-electron chi connectivity index (χ4n) is 2.45. The zero-order valence-electron chi connectivity index (χ0n) is 12.5. The summed E-state index contributed by atoms with van der Waals surface area (Å²) >= 11 is 0. The number of benzene rings is 1. The highest BCUT2D eigenvalue weighted by molar-refractivity contribution is 7.89. The molecule has 6 nitrogen and oxygen atoms in total. The van der Waals surface area contributed by atoms with E-state index in [1.165, 1.54) is 4.31 Å². The van der Waals surface area contributed by atoms with E-state index in [0.717, 1.165) is 0 Å². The van der Waals surface area contributed by atoms with E-state index in [1.807, 2.05) is 0 Å². The van der Waals surface area contributed by atoms with E-state index in [-0.39, 0.29) is 23.2 Å². The van der Waals surface area contributed by atoms with Crippen LogP contribution in [0.5, 0.6) is 0 Å². The van der Waals surface area contributed by atoms with Crippen molar-refractivity contribution in [1.82, 2.24) is 14.9 Å². The number of amides is 1. The van der Waals surface area contributed by atoms with E-state index in [1.54, 1.807) is 37.4 Å².